The van der Waals surface area contributed by atoms with E-state index in [4.69, 9.17) is 0 Å². The van der Waals surface area contributed by atoms with E-state index in [2.05, 4.69) is 81.4 Å². The third-order valence-electron chi connectivity index (χ3n) is 5.95. The van der Waals surface area contributed by atoms with E-state index >= 15 is 0 Å². The van der Waals surface area contributed by atoms with Crippen LogP contribution in [0.5, 0.6) is 0 Å². The molecule has 0 unspecified atom stereocenters. The number of nitrogens with zero attached hydrogens (tertiary/aromatic N) is 3. The second-order valence-electron chi connectivity index (χ2n) is 7.51. The molecule has 0 aliphatic carbocycles. The van der Waals surface area contributed by atoms with Crippen LogP contribution in [0.1, 0.15) is 0 Å². The van der Waals surface area contributed by atoms with Crippen molar-refractivity contribution in [3.63, 3.8) is 0 Å². The quantitative estimate of drug-likeness (QED) is 0.285. The Balaban J connectivity index is 1.91. The SMILES string of the molecule is c1cncc(-n2c3ccccc3c3c4ccncc4c4[se]c5ccccc5c4c32)c1. The van der Waals surface area contributed by atoms with Crippen molar-refractivity contribution in [2.75, 3.05) is 0 Å². The number of benzene rings is 3. The van der Waals surface area contributed by atoms with Crippen LogP contribution in [-0.2, 0) is 0 Å². The number of hydrogen-bond donors (Lipinski definition) is 0. The summed E-state index contributed by atoms with van der Waals surface area (Å²) in [7, 11) is 0. The van der Waals surface area contributed by atoms with Gasteiger partial charge in [0.25, 0.3) is 0 Å². The van der Waals surface area contributed by atoms with Crippen LogP contribution in [0.15, 0.2) is 91.5 Å². The molecule has 0 N–H and O–H groups in total. The monoisotopic (exact) mass is 449 g/mol. The van der Waals surface area contributed by atoms with Gasteiger partial charge in [-0.25, -0.2) is 0 Å². The summed E-state index contributed by atoms with van der Waals surface area (Å²) in [6.45, 7) is 0. The number of fused-ring (bicyclic) bond motifs is 10. The maximum absolute atomic E-state index is 4.50. The molecular weight excluding hydrogens is 433 g/mol. The van der Waals surface area contributed by atoms with Crippen molar-refractivity contribution >= 4 is 66.4 Å². The Hall–Kier alpha value is -3.46. The first-order valence-electron chi connectivity index (χ1n) is 9.92. The summed E-state index contributed by atoms with van der Waals surface area (Å²) in [4.78, 5) is 8.93. The van der Waals surface area contributed by atoms with E-state index in [1.165, 1.54) is 51.9 Å². The Morgan fingerprint density at radius 1 is 0.633 bits per heavy atom. The molecule has 7 aromatic rings. The van der Waals surface area contributed by atoms with Crippen LogP contribution in [0, 0.1) is 0 Å². The molecule has 0 radical (unpaired) electrons. The summed E-state index contributed by atoms with van der Waals surface area (Å²) in [5.74, 6) is 0. The van der Waals surface area contributed by atoms with Gasteiger partial charge < -0.3 is 0 Å². The normalized spacial score (nSPS) is 12.0. The molecule has 140 valence electrons. The van der Waals surface area contributed by atoms with E-state index < -0.39 is 0 Å². The van der Waals surface area contributed by atoms with Crippen LogP contribution in [0.25, 0.3) is 57.6 Å². The van der Waals surface area contributed by atoms with E-state index in [0.29, 0.717) is 0 Å². The zero-order valence-electron chi connectivity index (χ0n) is 15.9. The molecule has 0 fully saturated rings. The van der Waals surface area contributed by atoms with Gasteiger partial charge in [0.2, 0.25) is 0 Å². The van der Waals surface area contributed by atoms with Crippen LogP contribution in [0.4, 0.5) is 0 Å². The van der Waals surface area contributed by atoms with Crippen LogP contribution in [-0.4, -0.2) is 29.0 Å². The molecule has 0 amide bonds. The Labute approximate surface area is 178 Å². The van der Waals surface area contributed by atoms with Crippen molar-refractivity contribution in [2.24, 2.45) is 0 Å². The molecule has 3 aromatic carbocycles. The zero-order valence-corrected chi connectivity index (χ0v) is 17.6. The van der Waals surface area contributed by atoms with Crippen molar-refractivity contribution in [3.05, 3.63) is 91.5 Å². The summed E-state index contributed by atoms with van der Waals surface area (Å²) in [5, 5.41) is 7.86. The van der Waals surface area contributed by atoms with E-state index in [9.17, 15) is 0 Å². The van der Waals surface area contributed by atoms with E-state index in [0.717, 1.165) is 5.69 Å². The van der Waals surface area contributed by atoms with Crippen LogP contribution in [0.3, 0.4) is 0 Å². The van der Waals surface area contributed by atoms with E-state index in [-0.39, 0.29) is 14.5 Å². The van der Waals surface area contributed by atoms with Gasteiger partial charge in [0, 0.05) is 0 Å². The van der Waals surface area contributed by atoms with Gasteiger partial charge in [-0.05, 0) is 0 Å². The molecular formula is C26H15N3Se. The van der Waals surface area contributed by atoms with Gasteiger partial charge in [0.15, 0.2) is 0 Å². The maximum atomic E-state index is 4.50. The molecule has 0 aliphatic rings. The summed E-state index contributed by atoms with van der Waals surface area (Å²) in [5.41, 5.74) is 3.59. The number of aromatic nitrogens is 3. The average Bonchev–Trinajstić information content (AvgIpc) is 3.36. The van der Waals surface area contributed by atoms with Gasteiger partial charge in [-0.2, -0.15) is 0 Å². The Kier molecular flexibility index (Phi) is 3.28. The van der Waals surface area contributed by atoms with E-state index in [1.54, 1.807) is 0 Å². The van der Waals surface area contributed by atoms with Crippen molar-refractivity contribution in [1.29, 1.82) is 0 Å². The molecule has 3 nitrogen and oxygen atoms in total. The van der Waals surface area contributed by atoms with Gasteiger partial charge in [0.05, 0.1) is 0 Å². The third kappa shape index (κ3) is 2.05. The predicted octanol–water partition coefficient (Wildman–Crippen LogP) is 6.09. The molecule has 0 bridgehead atoms. The van der Waals surface area contributed by atoms with Crippen molar-refractivity contribution in [1.82, 2.24) is 14.5 Å². The summed E-state index contributed by atoms with van der Waals surface area (Å²) in [6.07, 6.45) is 7.76. The first-order chi connectivity index (χ1) is 14.9. The molecule has 7 rings (SSSR count). The molecule has 0 spiro atoms. The Bertz CT molecular complexity index is 1740. The molecule has 30 heavy (non-hydrogen) atoms. The molecule has 0 aliphatic heterocycles. The van der Waals surface area contributed by atoms with Crippen molar-refractivity contribution < 1.29 is 0 Å². The number of pyridine rings is 2. The fraction of sp³-hybridized carbons (Fsp3) is 0. The fourth-order valence-electron chi connectivity index (χ4n) is 4.77. The molecule has 0 saturated carbocycles. The molecule has 4 heteroatoms. The zero-order chi connectivity index (χ0) is 19.7. The van der Waals surface area contributed by atoms with Gasteiger partial charge in [0.1, 0.15) is 0 Å². The molecule has 0 atom stereocenters. The second kappa shape index (κ2) is 6.02. The van der Waals surface area contributed by atoms with Crippen molar-refractivity contribution in [3.8, 4) is 5.69 Å². The molecule has 0 saturated heterocycles. The molecule has 4 aromatic heterocycles. The van der Waals surface area contributed by atoms with Gasteiger partial charge >= 0.3 is 178 Å². The standard InChI is InChI=1S/C26H15N3Se/c1-3-9-21-18(7-1)23-17-11-13-28-15-20(17)26-24(19-8-2-4-10-22(19)30-26)25(23)29(21)16-6-5-12-27-14-16/h1-15H. The second-order valence-corrected chi connectivity index (χ2v) is 9.72. The van der Waals surface area contributed by atoms with Gasteiger partial charge in [-0.3, -0.25) is 0 Å². The van der Waals surface area contributed by atoms with Crippen LogP contribution in [0.2, 0.25) is 0 Å². The number of para-hydroxylation sites is 1. The summed E-state index contributed by atoms with van der Waals surface area (Å²) >= 11 is 0.262. The minimum atomic E-state index is 0.262. The van der Waals surface area contributed by atoms with E-state index in [1.807, 2.05) is 24.7 Å². The molecule has 4 heterocycles. The average molecular weight is 448 g/mol. The first kappa shape index (κ1) is 16.3. The number of rotatable bonds is 1. The third-order valence-corrected chi connectivity index (χ3v) is 8.47. The Morgan fingerprint density at radius 2 is 1.47 bits per heavy atom. The number of hydrogen-bond acceptors (Lipinski definition) is 2. The van der Waals surface area contributed by atoms with Crippen molar-refractivity contribution in [2.45, 2.75) is 0 Å². The van der Waals surface area contributed by atoms with Gasteiger partial charge in [-0.15, -0.1) is 0 Å². The fourth-order valence-corrected chi connectivity index (χ4v) is 7.34. The van der Waals surface area contributed by atoms with Crippen LogP contribution < -0.4 is 0 Å². The van der Waals surface area contributed by atoms with Gasteiger partial charge in [-0.1, -0.05) is 0 Å². The Morgan fingerprint density at radius 3 is 2.37 bits per heavy atom. The minimum absolute atomic E-state index is 0.262. The van der Waals surface area contributed by atoms with Crippen LogP contribution >= 0.6 is 0 Å². The summed E-state index contributed by atoms with van der Waals surface area (Å²) in [6, 6.07) is 23.9. The summed E-state index contributed by atoms with van der Waals surface area (Å²) < 4.78 is 5.28. The predicted molar refractivity (Wildman–Crippen MR) is 126 cm³/mol. The first-order valence-corrected chi connectivity index (χ1v) is 11.6. The topological polar surface area (TPSA) is 30.7 Å².